The highest BCUT2D eigenvalue weighted by atomic mass is 16.2. The summed E-state index contributed by atoms with van der Waals surface area (Å²) in [6.07, 6.45) is 0. The zero-order chi connectivity index (χ0) is 17.1. The Kier molecular flexibility index (Phi) is 4.20. The largest absolute Gasteiger partial charge is 0.292 e. The fourth-order valence-electron chi connectivity index (χ4n) is 2.51. The number of H-pyrrole nitrogens is 1. The molecular weight excluding hydrogens is 304 g/mol. The number of benzene rings is 2. The molecule has 6 heteroatoms. The number of nitrogens with one attached hydrogen (secondary N) is 2. The van der Waals surface area contributed by atoms with Gasteiger partial charge in [0.15, 0.2) is 5.69 Å². The van der Waals surface area contributed by atoms with Gasteiger partial charge in [0.1, 0.15) is 0 Å². The molecule has 0 saturated carbocycles. The van der Waals surface area contributed by atoms with Crippen molar-refractivity contribution in [1.29, 1.82) is 0 Å². The van der Waals surface area contributed by atoms with Crippen molar-refractivity contribution in [1.82, 2.24) is 15.6 Å². The molecule has 0 spiro atoms. The molecule has 0 aliphatic carbocycles. The number of fused-ring (bicyclic) bond motifs is 1. The van der Waals surface area contributed by atoms with Gasteiger partial charge >= 0.3 is 0 Å². The van der Waals surface area contributed by atoms with Crippen molar-refractivity contribution >= 4 is 22.4 Å². The molecule has 2 aromatic carbocycles. The number of carbonyl (C=O) groups is 1. The number of aromatic amines is 1. The lowest BCUT2D eigenvalue weighted by Crippen LogP contribution is -2.23. The number of amides is 1. The molecule has 3 aromatic rings. The fourth-order valence-corrected chi connectivity index (χ4v) is 2.51. The van der Waals surface area contributed by atoms with Gasteiger partial charge in [-0.25, -0.2) is 10.5 Å². The van der Waals surface area contributed by atoms with Crippen molar-refractivity contribution < 1.29 is 4.79 Å². The predicted octanol–water partition coefficient (Wildman–Crippen LogP) is 2.39. The van der Waals surface area contributed by atoms with Gasteiger partial charge in [0.05, 0.1) is 11.1 Å². The van der Waals surface area contributed by atoms with Crippen LogP contribution in [-0.2, 0) is 0 Å². The molecule has 3 rings (SSSR count). The van der Waals surface area contributed by atoms with Crippen LogP contribution in [0.1, 0.15) is 28.5 Å². The molecule has 6 nitrogen and oxygen atoms in total. The fraction of sp³-hybridized carbons (Fsp3) is 0.111. The maximum Gasteiger partial charge on any atom is 0.292 e. The molecule has 0 aliphatic heterocycles. The Labute approximate surface area is 138 Å². The maximum atomic E-state index is 12.4. The van der Waals surface area contributed by atoms with Gasteiger partial charge in [-0.1, -0.05) is 42.5 Å². The van der Waals surface area contributed by atoms with E-state index in [1.54, 1.807) is 24.3 Å². The Bertz CT molecular complexity index is 1010. The highest BCUT2D eigenvalue weighted by Crippen LogP contribution is 2.12. The molecule has 2 N–H and O–H groups in total. The van der Waals surface area contributed by atoms with Gasteiger partial charge in [-0.2, -0.15) is 10.2 Å². The van der Waals surface area contributed by atoms with Gasteiger partial charge in [-0.15, -0.1) is 0 Å². The lowest BCUT2D eigenvalue weighted by molar-refractivity contribution is 0.0950. The van der Waals surface area contributed by atoms with E-state index < -0.39 is 5.91 Å². The first-order chi connectivity index (χ1) is 11.6. The van der Waals surface area contributed by atoms with Crippen molar-refractivity contribution in [2.24, 2.45) is 5.10 Å². The van der Waals surface area contributed by atoms with Crippen molar-refractivity contribution in [2.45, 2.75) is 13.8 Å². The molecule has 0 bridgehead atoms. The molecule has 0 atom stereocenters. The third-order valence-electron chi connectivity index (χ3n) is 3.77. The summed E-state index contributed by atoms with van der Waals surface area (Å²) in [7, 11) is 0. The van der Waals surface area contributed by atoms with Gasteiger partial charge in [0.2, 0.25) is 0 Å². The van der Waals surface area contributed by atoms with E-state index in [9.17, 15) is 9.59 Å². The van der Waals surface area contributed by atoms with Crippen LogP contribution in [0.5, 0.6) is 0 Å². The molecular formula is C18H16N4O2. The molecule has 120 valence electrons. The molecule has 0 unspecified atom stereocenters. The number of rotatable bonds is 3. The standard InChI is InChI=1S/C18H16N4O2/c1-11-7-3-4-8-13(11)12(2)19-22-18(24)16-14-9-5-6-10-15(14)17(23)21-20-16/h3-10H,1-2H3,(H,21,23)(H,22,24)/b19-12-. The lowest BCUT2D eigenvalue weighted by Gasteiger charge is -2.06. The van der Waals surface area contributed by atoms with Crippen LogP contribution in [0.25, 0.3) is 10.8 Å². The van der Waals surface area contributed by atoms with Crippen LogP contribution in [0.4, 0.5) is 0 Å². The third kappa shape index (κ3) is 2.94. The second-order valence-corrected chi connectivity index (χ2v) is 5.40. The molecule has 0 saturated heterocycles. The van der Waals surface area contributed by atoms with Gasteiger partial charge in [0, 0.05) is 10.9 Å². The summed E-state index contributed by atoms with van der Waals surface area (Å²) in [5.41, 5.74) is 5.02. The van der Waals surface area contributed by atoms with E-state index in [0.717, 1.165) is 11.1 Å². The number of hydrogen-bond acceptors (Lipinski definition) is 4. The van der Waals surface area contributed by atoms with E-state index in [2.05, 4.69) is 20.7 Å². The Morgan fingerprint density at radius 1 is 1.08 bits per heavy atom. The van der Waals surface area contributed by atoms with Crippen molar-refractivity contribution in [3.8, 4) is 0 Å². The molecule has 1 aromatic heterocycles. The molecule has 0 aliphatic rings. The summed E-state index contributed by atoms with van der Waals surface area (Å²) in [6.45, 7) is 3.80. The van der Waals surface area contributed by atoms with Crippen molar-refractivity contribution in [3.63, 3.8) is 0 Å². The van der Waals surface area contributed by atoms with Crippen LogP contribution in [0, 0.1) is 6.92 Å². The summed E-state index contributed by atoms with van der Waals surface area (Å²) >= 11 is 0. The predicted molar refractivity (Wildman–Crippen MR) is 93.2 cm³/mol. The Morgan fingerprint density at radius 2 is 1.75 bits per heavy atom. The first-order valence-corrected chi connectivity index (χ1v) is 7.46. The van der Waals surface area contributed by atoms with Crippen LogP contribution < -0.4 is 11.0 Å². The second-order valence-electron chi connectivity index (χ2n) is 5.40. The van der Waals surface area contributed by atoms with E-state index in [-0.39, 0.29) is 11.3 Å². The Balaban J connectivity index is 1.91. The number of aromatic nitrogens is 2. The van der Waals surface area contributed by atoms with Crippen LogP contribution in [0.2, 0.25) is 0 Å². The molecule has 0 radical (unpaired) electrons. The van der Waals surface area contributed by atoms with E-state index in [1.807, 2.05) is 38.1 Å². The number of hydrazone groups is 1. The SMILES string of the molecule is C/C(=N/NC(=O)c1n[nH]c(=O)c2ccccc12)c1ccccc1C. The van der Waals surface area contributed by atoms with Crippen LogP contribution in [0.3, 0.4) is 0 Å². The normalized spacial score (nSPS) is 11.5. The minimum atomic E-state index is -0.476. The van der Waals surface area contributed by atoms with Crippen molar-refractivity contribution in [3.05, 3.63) is 75.7 Å². The molecule has 24 heavy (non-hydrogen) atoms. The topological polar surface area (TPSA) is 87.2 Å². The third-order valence-corrected chi connectivity index (χ3v) is 3.77. The smallest absolute Gasteiger partial charge is 0.267 e. The first-order valence-electron chi connectivity index (χ1n) is 7.46. The molecule has 1 heterocycles. The highest BCUT2D eigenvalue weighted by molar-refractivity contribution is 6.06. The average Bonchev–Trinajstić information content (AvgIpc) is 2.60. The summed E-state index contributed by atoms with van der Waals surface area (Å²) in [5, 5.41) is 11.2. The van der Waals surface area contributed by atoms with Gasteiger partial charge in [0.25, 0.3) is 11.5 Å². The van der Waals surface area contributed by atoms with Crippen LogP contribution >= 0.6 is 0 Å². The number of nitrogens with zero attached hydrogens (tertiary/aromatic N) is 2. The Morgan fingerprint density at radius 3 is 2.50 bits per heavy atom. The van der Waals surface area contributed by atoms with Crippen LogP contribution in [-0.4, -0.2) is 21.8 Å². The van der Waals surface area contributed by atoms with Crippen molar-refractivity contribution in [2.75, 3.05) is 0 Å². The minimum Gasteiger partial charge on any atom is -0.267 e. The van der Waals surface area contributed by atoms with E-state index in [1.165, 1.54) is 0 Å². The number of carbonyl (C=O) groups excluding carboxylic acids is 1. The molecule has 1 amide bonds. The maximum absolute atomic E-state index is 12.4. The minimum absolute atomic E-state index is 0.131. The highest BCUT2D eigenvalue weighted by Gasteiger charge is 2.13. The van der Waals surface area contributed by atoms with E-state index in [4.69, 9.17) is 0 Å². The monoisotopic (exact) mass is 320 g/mol. The molecule has 0 fully saturated rings. The second kappa shape index (κ2) is 6.45. The summed E-state index contributed by atoms with van der Waals surface area (Å²) < 4.78 is 0. The summed E-state index contributed by atoms with van der Waals surface area (Å²) in [5.74, 6) is -0.476. The average molecular weight is 320 g/mol. The summed E-state index contributed by atoms with van der Waals surface area (Å²) in [6, 6.07) is 14.6. The summed E-state index contributed by atoms with van der Waals surface area (Å²) in [4.78, 5) is 24.2. The zero-order valence-corrected chi connectivity index (χ0v) is 13.3. The first kappa shape index (κ1) is 15.6. The Hall–Kier alpha value is -3.28. The van der Waals surface area contributed by atoms with Gasteiger partial charge in [-0.05, 0) is 25.5 Å². The lowest BCUT2D eigenvalue weighted by atomic mass is 10.1. The number of aryl methyl sites for hydroxylation is 1. The number of hydrogen-bond donors (Lipinski definition) is 2. The quantitative estimate of drug-likeness (QED) is 0.574. The van der Waals surface area contributed by atoms with E-state index in [0.29, 0.717) is 16.5 Å². The van der Waals surface area contributed by atoms with Crippen LogP contribution in [0.15, 0.2) is 58.4 Å². The van der Waals surface area contributed by atoms with Gasteiger partial charge < -0.3 is 0 Å². The zero-order valence-electron chi connectivity index (χ0n) is 13.3. The van der Waals surface area contributed by atoms with E-state index >= 15 is 0 Å². The van der Waals surface area contributed by atoms with Gasteiger partial charge in [-0.3, -0.25) is 9.59 Å².